The van der Waals surface area contributed by atoms with Crippen molar-refractivity contribution < 1.29 is 19.6 Å². The summed E-state index contributed by atoms with van der Waals surface area (Å²) in [5, 5.41) is 22.8. The first kappa shape index (κ1) is 14.9. The van der Waals surface area contributed by atoms with Crippen LogP contribution >= 0.6 is 0 Å². The maximum Gasteiger partial charge on any atom is 0.270 e. The largest absolute Gasteiger partial charge is 0.483 e. The van der Waals surface area contributed by atoms with Crippen LogP contribution in [0, 0.1) is 10.1 Å². The Morgan fingerprint density at radius 1 is 1.58 bits per heavy atom. The number of carbonyl (C=O) groups is 1. The van der Waals surface area contributed by atoms with Crippen molar-refractivity contribution in [3.63, 3.8) is 0 Å². The number of rotatable bonds is 6. The summed E-state index contributed by atoms with van der Waals surface area (Å²) in [6.07, 6.45) is -0.927. The fourth-order valence-corrected chi connectivity index (χ4v) is 1.50. The lowest BCUT2D eigenvalue weighted by atomic mass is 10.1. The van der Waals surface area contributed by atoms with Gasteiger partial charge in [-0.2, -0.15) is 0 Å². The van der Waals surface area contributed by atoms with Crippen molar-refractivity contribution >= 4 is 11.6 Å². The van der Waals surface area contributed by atoms with Crippen molar-refractivity contribution in [2.45, 2.75) is 20.0 Å². The second-order valence-electron chi connectivity index (χ2n) is 3.90. The van der Waals surface area contributed by atoms with Gasteiger partial charge in [0, 0.05) is 24.2 Å². The van der Waals surface area contributed by atoms with Gasteiger partial charge in [0.1, 0.15) is 5.75 Å². The van der Waals surface area contributed by atoms with Gasteiger partial charge in [-0.15, -0.1) is 0 Å². The predicted molar refractivity (Wildman–Crippen MR) is 67.9 cm³/mol. The molecule has 19 heavy (non-hydrogen) atoms. The number of nitro benzene ring substituents is 1. The molecule has 0 unspecified atom stereocenters. The Kier molecular flexibility index (Phi) is 5.25. The second-order valence-corrected chi connectivity index (χ2v) is 3.90. The fourth-order valence-electron chi connectivity index (χ4n) is 1.50. The van der Waals surface area contributed by atoms with E-state index in [2.05, 4.69) is 5.32 Å². The minimum atomic E-state index is -0.927. The van der Waals surface area contributed by atoms with Crippen molar-refractivity contribution in [1.29, 1.82) is 0 Å². The van der Waals surface area contributed by atoms with E-state index in [1.165, 1.54) is 25.1 Å². The number of ether oxygens (including phenoxy) is 1. The highest BCUT2D eigenvalue weighted by molar-refractivity contribution is 5.77. The minimum absolute atomic E-state index is 0.138. The Balaban J connectivity index is 2.88. The molecule has 1 atom stereocenters. The van der Waals surface area contributed by atoms with E-state index in [0.29, 0.717) is 6.54 Å². The molecular weight excluding hydrogens is 252 g/mol. The zero-order valence-corrected chi connectivity index (χ0v) is 10.8. The number of nitrogens with zero attached hydrogens (tertiary/aromatic N) is 1. The van der Waals surface area contributed by atoms with E-state index in [1.807, 2.05) is 0 Å². The third-order valence-corrected chi connectivity index (χ3v) is 2.39. The fraction of sp³-hybridized carbons (Fsp3) is 0.417. The Hall–Kier alpha value is -2.15. The Labute approximate surface area is 110 Å². The summed E-state index contributed by atoms with van der Waals surface area (Å²) in [6.45, 7) is 3.54. The number of benzene rings is 1. The molecule has 0 spiro atoms. The van der Waals surface area contributed by atoms with E-state index in [1.54, 1.807) is 6.92 Å². The molecule has 0 aliphatic rings. The van der Waals surface area contributed by atoms with Crippen LogP contribution in [0.4, 0.5) is 5.69 Å². The number of amides is 1. The third kappa shape index (κ3) is 4.22. The van der Waals surface area contributed by atoms with Crippen LogP contribution in [0.2, 0.25) is 0 Å². The Bertz CT molecular complexity index is 473. The van der Waals surface area contributed by atoms with Crippen LogP contribution in [0.25, 0.3) is 0 Å². The zero-order chi connectivity index (χ0) is 14.4. The van der Waals surface area contributed by atoms with E-state index in [-0.39, 0.29) is 29.5 Å². The number of hydrogen-bond acceptors (Lipinski definition) is 5. The highest BCUT2D eigenvalue weighted by Gasteiger charge is 2.16. The van der Waals surface area contributed by atoms with Crippen molar-refractivity contribution in [3.05, 3.63) is 33.9 Å². The molecule has 1 aromatic rings. The van der Waals surface area contributed by atoms with Crippen LogP contribution in [-0.4, -0.2) is 29.1 Å². The van der Waals surface area contributed by atoms with Gasteiger partial charge in [0.2, 0.25) is 0 Å². The first-order valence-corrected chi connectivity index (χ1v) is 5.81. The van der Waals surface area contributed by atoms with Gasteiger partial charge in [-0.1, -0.05) is 0 Å². The number of non-ortho nitro benzene ring substituents is 1. The van der Waals surface area contributed by atoms with Gasteiger partial charge < -0.3 is 15.2 Å². The number of carbonyl (C=O) groups excluding carboxylic acids is 1. The van der Waals surface area contributed by atoms with Gasteiger partial charge in [0.25, 0.3) is 11.6 Å². The standard InChI is InChI=1S/C12H16N2O5/c1-3-13-12(16)7-19-11-5-4-9(14(17)18)6-10(11)8(2)15/h4-6,8,15H,3,7H2,1-2H3,(H,13,16)/t8-/m1/s1. The van der Waals surface area contributed by atoms with Crippen LogP contribution in [-0.2, 0) is 4.79 Å². The van der Waals surface area contributed by atoms with Gasteiger partial charge in [0.05, 0.1) is 11.0 Å². The molecule has 104 valence electrons. The van der Waals surface area contributed by atoms with E-state index in [9.17, 15) is 20.0 Å². The molecule has 1 aromatic carbocycles. The predicted octanol–water partition coefficient (Wildman–Crippen LogP) is 1.16. The summed E-state index contributed by atoms with van der Waals surface area (Å²) in [4.78, 5) is 21.4. The lowest BCUT2D eigenvalue weighted by Crippen LogP contribution is -2.28. The average molecular weight is 268 g/mol. The Morgan fingerprint density at radius 3 is 2.79 bits per heavy atom. The maximum atomic E-state index is 11.3. The minimum Gasteiger partial charge on any atom is -0.483 e. The Morgan fingerprint density at radius 2 is 2.26 bits per heavy atom. The molecule has 1 rings (SSSR count). The number of aliphatic hydroxyl groups excluding tert-OH is 1. The molecule has 7 nitrogen and oxygen atoms in total. The number of aliphatic hydroxyl groups is 1. The summed E-state index contributed by atoms with van der Waals surface area (Å²) in [6, 6.07) is 3.87. The molecule has 0 aliphatic heterocycles. The van der Waals surface area contributed by atoms with E-state index >= 15 is 0 Å². The monoisotopic (exact) mass is 268 g/mol. The normalized spacial score (nSPS) is 11.7. The zero-order valence-electron chi connectivity index (χ0n) is 10.8. The van der Waals surface area contributed by atoms with Crippen LogP contribution in [0.1, 0.15) is 25.5 Å². The van der Waals surface area contributed by atoms with Crippen LogP contribution < -0.4 is 10.1 Å². The molecule has 0 saturated carbocycles. The summed E-state index contributed by atoms with van der Waals surface area (Å²) >= 11 is 0. The van der Waals surface area contributed by atoms with Crippen LogP contribution in [0.3, 0.4) is 0 Å². The van der Waals surface area contributed by atoms with E-state index < -0.39 is 11.0 Å². The summed E-state index contributed by atoms with van der Waals surface area (Å²) < 4.78 is 5.25. The third-order valence-electron chi connectivity index (χ3n) is 2.39. The van der Waals surface area contributed by atoms with E-state index in [0.717, 1.165) is 0 Å². The number of nitro groups is 1. The van der Waals surface area contributed by atoms with Crippen molar-refractivity contribution in [2.24, 2.45) is 0 Å². The van der Waals surface area contributed by atoms with Gasteiger partial charge in [-0.25, -0.2) is 0 Å². The van der Waals surface area contributed by atoms with Gasteiger partial charge >= 0.3 is 0 Å². The van der Waals surface area contributed by atoms with Crippen LogP contribution in [0.15, 0.2) is 18.2 Å². The van der Waals surface area contributed by atoms with Crippen LogP contribution in [0.5, 0.6) is 5.75 Å². The molecule has 1 amide bonds. The summed E-state index contributed by atoms with van der Waals surface area (Å²) in [5.41, 5.74) is 0.139. The molecular formula is C12H16N2O5. The first-order valence-electron chi connectivity index (χ1n) is 5.81. The van der Waals surface area contributed by atoms with Crippen molar-refractivity contribution in [1.82, 2.24) is 5.32 Å². The maximum absolute atomic E-state index is 11.3. The molecule has 2 N–H and O–H groups in total. The molecule has 0 aromatic heterocycles. The molecule has 7 heteroatoms. The van der Waals surface area contributed by atoms with E-state index in [4.69, 9.17) is 4.74 Å². The molecule has 0 aliphatic carbocycles. The first-order chi connectivity index (χ1) is 8.95. The number of hydrogen-bond donors (Lipinski definition) is 2. The lowest BCUT2D eigenvalue weighted by Gasteiger charge is -2.13. The van der Waals surface area contributed by atoms with Gasteiger partial charge in [-0.05, 0) is 19.9 Å². The topological polar surface area (TPSA) is 102 Å². The molecule has 0 radical (unpaired) electrons. The van der Waals surface area contributed by atoms with Crippen molar-refractivity contribution in [3.8, 4) is 5.75 Å². The van der Waals surface area contributed by atoms with Gasteiger partial charge in [-0.3, -0.25) is 14.9 Å². The molecule has 0 heterocycles. The SMILES string of the molecule is CCNC(=O)COc1ccc([N+](=O)[O-])cc1[C@@H](C)O. The highest BCUT2D eigenvalue weighted by Crippen LogP contribution is 2.29. The lowest BCUT2D eigenvalue weighted by molar-refractivity contribution is -0.385. The number of likely N-dealkylation sites (N-methyl/N-ethyl adjacent to an activating group) is 1. The summed E-state index contributed by atoms with van der Waals surface area (Å²) in [7, 11) is 0. The quantitative estimate of drug-likeness (QED) is 0.595. The smallest absolute Gasteiger partial charge is 0.270 e. The molecule has 0 fully saturated rings. The average Bonchev–Trinajstić information content (AvgIpc) is 2.36. The second kappa shape index (κ2) is 6.69. The summed E-state index contributed by atoms with van der Waals surface area (Å²) in [5.74, 6) is -0.0377. The van der Waals surface area contributed by atoms with Crippen molar-refractivity contribution in [2.75, 3.05) is 13.2 Å². The number of nitrogens with one attached hydrogen (secondary N) is 1. The molecule has 0 saturated heterocycles. The van der Waals surface area contributed by atoms with Gasteiger partial charge in [0.15, 0.2) is 6.61 Å². The molecule has 0 bridgehead atoms. The highest BCUT2D eigenvalue weighted by atomic mass is 16.6.